The van der Waals surface area contributed by atoms with E-state index in [2.05, 4.69) is 37.3 Å². The van der Waals surface area contributed by atoms with E-state index in [9.17, 15) is 0 Å². The van der Waals surface area contributed by atoms with E-state index in [4.69, 9.17) is 11.6 Å². The number of benzene rings is 1. The average molecular weight is 292 g/mol. The summed E-state index contributed by atoms with van der Waals surface area (Å²) >= 11 is 6.13. The van der Waals surface area contributed by atoms with Crippen molar-refractivity contribution in [1.29, 1.82) is 0 Å². The molecule has 3 nitrogen and oxygen atoms in total. The first-order chi connectivity index (χ1) is 9.47. The Balaban J connectivity index is 2.30. The second kappa shape index (κ2) is 6.42. The van der Waals surface area contributed by atoms with Gasteiger partial charge in [-0.3, -0.25) is 0 Å². The summed E-state index contributed by atoms with van der Waals surface area (Å²) in [6, 6.07) is 8.05. The van der Waals surface area contributed by atoms with Gasteiger partial charge in [-0.1, -0.05) is 25.4 Å². The Hall–Kier alpha value is -1.32. The fraction of sp³-hybridized carbons (Fsp3) is 0.438. The van der Waals surface area contributed by atoms with Gasteiger partial charge in [0.05, 0.1) is 11.4 Å². The molecule has 1 N–H and O–H groups in total. The average Bonchev–Trinajstić information content (AvgIpc) is 2.68. The highest BCUT2D eigenvalue weighted by atomic mass is 35.5. The Morgan fingerprint density at radius 3 is 2.60 bits per heavy atom. The lowest BCUT2D eigenvalue weighted by Crippen LogP contribution is -2.20. The Morgan fingerprint density at radius 1 is 1.25 bits per heavy atom. The van der Waals surface area contributed by atoms with Crippen LogP contribution in [0.15, 0.2) is 24.3 Å². The molecule has 108 valence electrons. The summed E-state index contributed by atoms with van der Waals surface area (Å²) < 4.78 is 1.98. The number of nitrogens with one attached hydrogen (secondary N) is 1. The third-order valence-corrected chi connectivity index (χ3v) is 3.38. The minimum absolute atomic E-state index is 0.631. The predicted octanol–water partition coefficient (Wildman–Crippen LogP) is 3.89. The topological polar surface area (TPSA) is 29.9 Å². The van der Waals surface area contributed by atoms with Gasteiger partial charge in [0.25, 0.3) is 0 Å². The first-order valence-electron chi connectivity index (χ1n) is 7.00. The van der Waals surface area contributed by atoms with Crippen molar-refractivity contribution in [2.45, 2.75) is 34.2 Å². The van der Waals surface area contributed by atoms with Gasteiger partial charge >= 0.3 is 0 Å². The lowest BCUT2D eigenvalue weighted by Gasteiger charge is -2.13. The van der Waals surface area contributed by atoms with Crippen molar-refractivity contribution < 1.29 is 0 Å². The van der Waals surface area contributed by atoms with Gasteiger partial charge in [0.2, 0.25) is 0 Å². The van der Waals surface area contributed by atoms with Crippen molar-refractivity contribution in [2.75, 3.05) is 6.54 Å². The lowest BCUT2D eigenvalue weighted by atomic mass is 10.1. The highest BCUT2D eigenvalue weighted by molar-refractivity contribution is 6.30. The molecule has 0 saturated carbocycles. The van der Waals surface area contributed by atoms with Crippen LogP contribution in [0.1, 0.15) is 30.8 Å². The van der Waals surface area contributed by atoms with Gasteiger partial charge in [-0.2, -0.15) is 5.10 Å². The number of rotatable bonds is 5. The maximum Gasteiger partial charge on any atom is 0.0694 e. The van der Waals surface area contributed by atoms with Crippen molar-refractivity contribution in [3.8, 4) is 5.69 Å². The number of hydrogen-bond donors (Lipinski definition) is 1. The van der Waals surface area contributed by atoms with Crippen LogP contribution in [0.5, 0.6) is 0 Å². The Morgan fingerprint density at radius 2 is 2.00 bits per heavy atom. The maximum absolute atomic E-state index is 6.13. The van der Waals surface area contributed by atoms with Crippen LogP contribution in [-0.2, 0) is 6.54 Å². The van der Waals surface area contributed by atoms with Crippen LogP contribution in [0, 0.1) is 19.8 Å². The lowest BCUT2D eigenvalue weighted by molar-refractivity contribution is 0.551. The van der Waals surface area contributed by atoms with E-state index in [1.165, 1.54) is 5.56 Å². The Kier molecular flexibility index (Phi) is 4.84. The van der Waals surface area contributed by atoms with E-state index in [0.29, 0.717) is 5.92 Å². The molecule has 0 fully saturated rings. The Labute approximate surface area is 126 Å². The fourth-order valence-corrected chi connectivity index (χ4v) is 2.47. The number of aromatic nitrogens is 2. The van der Waals surface area contributed by atoms with Crippen LogP contribution >= 0.6 is 11.6 Å². The zero-order valence-electron chi connectivity index (χ0n) is 12.6. The van der Waals surface area contributed by atoms with Gasteiger partial charge in [0.15, 0.2) is 0 Å². The fourth-order valence-electron chi connectivity index (χ4n) is 2.27. The molecule has 0 aliphatic carbocycles. The molecule has 0 spiro atoms. The molecule has 0 aliphatic heterocycles. The molecule has 0 aliphatic rings. The minimum Gasteiger partial charge on any atom is -0.312 e. The van der Waals surface area contributed by atoms with Crippen LogP contribution in [0.2, 0.25) is 5.02 Å². The number of halogens is 1. The largest absolute Gasteiger partial charge is 0.312 e. The molecule has 2 rings (SSSR count). The normalized spacial score (nSPS) is 11.3. The smallest absolute Gasteiger partial charge is 0.0694 e. The van der Waals surface area contributed by atoms with E-state index >= 15 is 0 Å². The van der Waals surface area contributed by atoms with Gasteiger partial charge in [-0.05, 0) is 56.1 Å². The maximum atomic E-state index is 6.13. The molecule has 0 atom stereocenters. The quantitative estimate of drug-likeness (QED) is 0.906. The van der Waals surface area contributed by atoms with Crippen LogP contribution in [0.3, 0.4) is 0 Å². The van der Waals surface area contributed by atoms with Crippen LogP contribution in [-0.4, -0.2) is 16.3 Å². The minimum atomic E-state index is 0.631. The summed E-state index contributed by atoms with van der Waals surface area (Å²) in [4.78, 5) is 0. The molecule has 0 amide bonds. The van der Waals surface area contributed by atoms with Crippen molar-refractivity contribution in [3.05, 3.63) is 46.2 Å². The molecule has 1 heterocycles. The first kappa shape index (κ1) is 15.1. The molecule has 4 heteroatoms. The van der Waals surface area contributed by atoms with Gasteiger partial charge < -0.3 is 5.32 Å². The van der Waals surface area contributed by atoms with Crippen molar-refractivity contribution in [2.24, 2.45) is 5.92 Å². The van der Waals surface area contributed by atoms with Gasteiger partial charge in [-0.15, -0.1) is 0 Å². The molecule has 1 aromatic heterocycles. The van der Waals surface area contributed by atoms with E-state index in [0.717, 1.165) is 35.2 Å². The molecule has 0 saturated heterocycles. The summed E-state index contributed by atoms with van der Waals surface area (Å²) in [5.41, 5.74) is 4.43. The summed E-state index contributed by atoms with van der Waals surface area (Å²) in [5, 5.41) is 8.79. The van der Waals surface area contributed by atoms with Gasteiger partial charge in [0, 0.05) is 17.3 Å². The Bertz CT molecular complexity index is 587. The molecule has 0 radical (unpaired) electrons. The SMILES string of the molecule is Cc1cc(C)n(-c2ccc(Cl)cc2CNCC(C)C)n1. The number of hydrogen-bond acceptors (Lipinski definition) is 2. The molecule has 20 heavy (non-hydrogen) atoms. The highest BCUT2D eigenvalue weighted by Gasteiger charge is 2.09. The zero-order valence-corrected chi connectivity index (χ0v) is 13.3. The molecule has 0 unspecified atom stereocenters. The van der Waals surface area contributed by atoms with Crippen molar-refractivity contribution in [1.82, 2.24) is 15.1 Å². The van der Waals surface area contributed by atoms with E-state index in [-0.39, 0.29) is 0 Å². The van der Waals surface area contributed by atoms with E-state index in [1.807, 2.05) is 29.8 Å². The summed E-state index contributed by atoms with van der Waals surface area (Å²) in [7, 11) is 0. The monoisotopic (exact) mass is 291 g/mol. The summed E-state index contributed by atoms with van der Waals surface area (Å²) in [6.45, 7) is 10.3. The second-order valence-corrected chi connectivity index (χ2v) is 6.07. The summed E-state index contributed by atoms with van der Waals surface area (Å²) in [5.74, 6) is 0.631. The van der Waals surface area contributed by atoms with Crippen LogP contribution in [0.4, 0.5) is 0 Å². The molecular weight excluding hydrogens is 270 g/mol. The molecular formula is C16H22ClN3. The first-order valence-corrected chi connectivity index (χ1v) is 7.38. The highest BCUT2D eigenvalue weighted by Crippen LogP contribution is 2.21. The van der Waals surface area contributed by atoms with Gasteiger partial charge in [-0.25, -0.2) is 4.68 Å². The molecule has 2 aromatic rings. The molecule has 1 aromatic carbocycles. The second-order valence-electron chi connectivity index (χ2n) is 5.64. The standard InChI is InChI=1S/C16H22ClN3/c1-11(2)9-18-10-14-8-15(17)5-6-16(14)20-13(4)7-12(3)19-20/h5-8,11,18H,9-10H2,1-4H3. The number of aryl methyl sites for hydroxylation is 2. The van der Waals surface area contributed by atoms with Crippen molar-refractivity contribution in [3.63, 3.8) is 0 Å². The zero-order chi connectivity index (χ0) is 14.7. The molecule has 0 bridgehead atoms. The third-order valence-electron chi connectivity index (χ3n) is 3.15. The van der Waals surface area contributed by atoms with Crippen molar-refractivity contribution >= 4 is 11.6 Å². The van der Waals surface area contributed by atoms with Crippen LogP contribution < -0.4 is 5.32 Å². The number of nitrogens with zero attached hydrogens (tertiary/aromatic N) is 2. The third kappa shape index (κ3) is 3.62. The van der Waals surface area contributed by atoms with Crippen LogP contribution in [0.25, 0.3) is 5.69 Å². The predicted molar refractivity (Wildman–Crippen MR) is 84.6 cm³/mol. The van der Waals surface area contributed by atoms with E-state index < -0.39 is 0 Å². The van der Waals surface area contributed by atoms with E-state index in [1.54, 1.807) is 0 Å². The van der Waals surface area contributed by atoms with Gasteiger partial charge in [0.1, 0.15) is 0 Å². The summed E-state index contributed by atoms with van der Waals surface area (Å²) in [6.07, 6.45) is 0.